The highest BCUT2D eigenvalue weighted by Crippen LogP contribution is 2.28. The van der Waals surface area contributed by atoms with Crippen molar-refractivity contribution in [3.8, 4) is 11.5 Å². The lowest BCUT2D eigenvalue weighted by atomic mass is 10.1. The molecule has 0 aliphatic heterocycles. The number of allylic oxidation sites excluding steroid dienone is 4. The first kappa shape index (κ1) is 25.7. The van der Waals surface area contributed by atoms with E-state index in [2.05, 4.69) is 31.2 Å². The van der Waals surface area contributed by atoms with Crippen molar-refractivity contribution >= 4 is 12.3 Å². The van der Waals surface area contributed by atoms with Crippen LogP contribution in [0.2, 0.25) is 0 Å². The van der Waals surface area contributed by atoms with Crippen molar-refractivity contribution in [2.45, 2.75) is 84.0 Å². The Morgan fingerprint density at radius 1 is 0.867 bits per heavy atom. The molecule has 0 aromatic heterocycles. The van der Waals surface area contributed by atoms with Gasteiger partial charge in [-0.25, -0.2) is 0 Å². The average Bonchev–Trinajstić information content (AvgIpc) is 2.76. The second kappa shape index (κ2) is 17.5. The molecule has 0 heterocycles. The van der Waals surface area contributed by atoms with Crippen LogP contribution in [0, 0.1) is 0 Å². The number of rotatable bonds is 17. The van der Waals surface area contributed by atoms with E-state index in [0.717, 1.165) is 38.4 Å². The van der Waals surface area contributed by atoms with Gasteiger partial charge in [-0.05, 0) is 56.7 Å². The van der Waals surface area contributed by atoms with Gasteiger partial charge in [0.1, 0.15) is 6.29 Å². The quantitative estimate of drug-likeness (QED) is 0.0887. The highest BCUT2D eigenvalue weighted by atomic mass is 16.6. The second-order valence-corrected chi connectivity index (χ2v) is 7.48. The largest absolute Gasteiger partial charge is 0.493 e. The summed E-state index contributed by atoms with van der Waals surface area (Å²) >= 11 is 0. The first-order valence-electron chi connectivity index (χ1n) is 11.3. The molecule has 0 radical (unpaired) electrons. The number of unbranched alkanes of at least 4 members (excludes halogenated alkanes) is 8. The molecule has 0 bridgehead atoms. The van der Waals surface area contributed by atoms with Crippen LogP contribution in [0.15, 0.2) is 42.5 Å². The van der Waals surface area contributed by atoms with Crippen molar-refractivity contribution < 1.29 is 19.1 Å². The maximum Gasteiger partial charge on any atom is 0.311 e. The molecule has 0 aliphatic carbocycles. The number of methoxy groups -OCH3 is 1. The molecule has 1 aromatic carbocycles. The van der Waals surface area contributed by atoms with Crippen LogP contribution < -0.4 is 9.47 Å². The smallest absolute Gasteiger partial charge is 0.311 e. The lowest BCUT2D eigenvalue weighted by Crippen LogP contribution is -2.08. The van der Waals surface area contributed by atoms with E-state index in [4.69, 9.17) is 9.47 Å². The van der Waals surface area contributed by atoms with Crippen molar-refractivity contribution in [1.29, 1.82) is 0 Å². The number of carbonyl (C=O) groups excluding carboxylic acids is 2. The Labute approximate surface area is 182 Å². The highest BCUT2D eigenvalue weighted by Gasteiger charge is 2.10. The zero-order valence-corrected chi connectivity index (χ0v) is 18.7. The van der Waals surface area contributed by atoms with Gasteiger partial charge >= 0.3 is 5.97 Å². The summed E-state index contributed by atoms with van der Waals surface area (Å²) in [6.07, 6.45) is 22.9. The average molecular weight is 415 g/mol. The molecule has 0 aliphatic rings. The third-order valence-corrected chi connectivity index (χ3v) is 4.88. The normalized spacial score (nSPS) is 11.3. The van der Waals surface area contributed by atoms with E-state index < -0.39 is 0 Å². The molecule has 1 aromatic rings. The topological polar surface area (TPSA) is 52.6 Å². The molecule has 0 saturated carbocycles. The minimum Gasteiger partial charge on any atom is -0.493 e. The van der Waals surface area contributed by atoms with Gasteiger partial charge in [0, 0.05) is 12.0 Å². The van der Waals surface area contributed by atoms with Gasteiger partial charge in [0.15, 0.2) is 11.5 Å². The SMILES string of the molecule is CCCCC/C=C\C/C=C\CCCCCCCC(=O)Oc1ccc(C=O)cc1OC. The van der Waals surface area contributed by atoms with Crippen LogP contribution in [0.4, 0.5) is 0 Å². The molecule has 0 saturated heterocycles. The molecule has 0 spiro atoms. The minimum atomic E-state index is -0.266. The summed E-state index contributed by atoms with van der Waals surface area (Å²) < 4.78 is 10.5. The van der Waals surface area contributed by atoms with Gasteiger partial charge in [0.25, 0.3) is 0 Å². The fourth-order valence-electron chi connectivity index (χ4n) is 3.10. The lowest BCUT2D eigenvalue weighted by Gasteiger charge is -2.09. The molecule has 4 nitrogen and oxygen atoms in total. The molecular weight excluding hydrogens is 376 g/mol. The standard InChI is InChI=1S/C26H38O4/c1-3-4-5-6-7-8-9-10-11-12-13-14-15-16-17-18-26(28)30-24-20-19-23(22-27)21-25(24)29-2/h7-8,10-11,19-22H,3-6,9,12-18H2,1-2H3/b8-7-,11-10-. The predicted octanol–water partition coefficient (Wildman–Crippen LogP) is 7.23. The van der Waals surface area contributed by atoms with Crippen LogP contribution in [0.1, 0.15) is 94.3 Å². The maximum absolute atomic E-state index is 12.0. The molecule has 0 N–H and O–H groups in total. The Morgan fingerprint density at radius 3 is 2.20 bits per heavy atom. The fraction of sp³-hybridized carbons (Fsp3) is 0.538. The molecule has 0 unspecified atom stereocenters. The van der Waals surface area contributed by atoms with Gasteiger partial charge in [0.2, 0.25) is 0 Å². The van der Waals surface area contributed by atoms with E-state index in [1.807, 2.05) is 0 Å². The Hall–Kier alpha value is -2.36. The Kier molecular flexibility index (Phi) is 15.0. The van der Waals surface area contributed by atoms with Crippen LogP contribution in [0.3, 0.4) is 0 Å². The zero-order valence-electron chi connectivity index (χ0n) is 18.7. The van der Waals surface area contributed by atoms with Crippen LogP contribution in [-0.4, -0.2) is 19.4 Å². The number of aldehydes is 1. The van der Waals surface area contributed by atoms with E-state index in [9.17, 15) is 9.59 Å². The third-order valence-electron chi connectivity index (χ3n) is 4.88. The van der Waals surface area contributed by atoms with Crippen molar-refractivity contribution in [3.63, 3.8) is 0 Å². The monoisotopic (exact) mass is 414 g/mol. The summed E-state index contributed by atoms with van der Waals surface area (Å²) in [7, 11) is 1.49. The number of ether oxygens (including phenoxy) is 2. The Morgan fingerprint density at radius 2 is 1.53 bits per heavy atom. The zero-order chi connectivity index (χ0) is 21.9. The number of benzene rings is 1. The van der Waals surface area contributed by atoms with Gasteiger partial charge in [-0.1, -0.05) is 63.3 Å². The van der Waals surface area contributed by atoms with Crippen LogP contribution in [0.25, 0.3) is 0 Å². The summed E-state index contributed by atoms with van der Waals surface area (Å²) in [4.78, 5) is 22.8. The molecule has 30 heavy (non-hydrogen) atoms. The molecule has 1 rings (SSSR count). The summed E-state index contributed by atoms with van der Waals surface area (Å²) in [6.45, 7) is 2.23. The van der Waals surface area contributed by atoms with Gasteiger partial charge in [-0.15, -0.1) is 0 Å². The third kappa shape index (κ3) is 12.3. The van der Waals surface area contributed by atoms with E-state index in [1.54, 1.807) is 18.2 Å². The van der Waals surface area contributed by atoms with Crippen molar-refractivity contribution in [1.82, 2.24) is 0 Å². The molecule has 0 amide bonds. The first-order valence-corrected chi connectivity index (χ1v) is 11.3. The maximum atomic E-state index is 12.0. The first-order chi connectivity index (χ1) is 14.7. The van der Waals surface area contributed by atoms with Crippen LogP contribution in [-0.2, 0) is 4.79 Å². The lowest BCUT2D eigenvalue weighted by molar-refractivity contribution is -0.134. The van der Waals surface area contributed by atoms with Crippen molar-refractivity contribution in [3.05, 3.63) is 48.1 Å². The summed E-state index contributed by atoms with van der Waals surface area (Å²) in [5.74, 6) is 0.488. The molecular formula is C26H38O4. The predicted molar refractivity (Wildman–Crippen MR) is 123 cm³/mol. The van der Waals surface area contributed by atoms with Gasteiger partial charge in [0.05, 0.1) is 7.11 Å². The molecule has 0 atom stereocenters. The number of esters is 1. The van der Waals surface area contributed by atoms with Crippen molar-refractivity contribution in [2.24, 2.45) is 0 Å². The Bertz CT molecular complexity index is 661. The van der Waals surface area contributed by atoms with E-state index in [1.165, 1.54) is 45.6 Å². The van der Waals surface area contributed by atoms with E-state index >= 15 is 0 Å². The van der Waals surface area contributed by atoms with Gasteiger partial charge < -0.3 is 9.47 Å². The Balaban J connectivity index is 2.04. The van der Waals surface area contributed by atoms with Crippen LogP contribution in [0.5, 0.6) is 11.5 Å². The second-order valence-electron chi connectivity index (χ2n) is 7.48. The van der Waals surface area contributed by atoms with Gasteiger partial charge in [-0.2, -0.15) is 0 Å². The summed E-state index contributed by atoms with van der Waals surface area (Å²) in [5.41, 5.74) is 0.486. The van der Waals surface area contributed by atoms with E-state index in [0.29, 0.717) is 23.5 Å². The number of hydrogen-bond acceptors (Lipinski definition) is 4. The molecule has 166 valence electrons. The highest BCUT2D eigenvalue weighted by molar-refractivity contribution is 5.78. The van der Waals surface area contributed by atoms with Crippen molar-refractivity contribution in [2.75, 3.05) is 7.11 Å². The van der Waals surface area contributed by atoms with Crippen LogP contribution >= 0.6 is 0 Å². The number of carbonyl (C=O) groups is 2. The molecule has 0 fully saturated rings. The minimum absolute atomic E-state index is 0.266. The summed E-state index contributed by atoms with van der Waals surface area (Å²) in [6, 6.07) is 4.76. The number of hydrogen-bond donors (Lipinski definition) is 0. The summed E-state index contributed by atoms with van der Waals surface area (Å²) in [5, 5.41) is 0. The molecule has 4 heteroatoms. The van der Waals surface area contributed by atoms with Gasteiger partial charge in [-0.3, -0.25) is 9.59 Å². The van der Waals surface area contributed by atoms with E-state index in [-0.39, 0.29) is 5.97 Å². The fourth-order valence-corrected chi connectivity index (χ4v) is 3.10.